The van der Waals surface area contributed by atoms with Crippen molar-refractivity contribution in [3.63, 3.8) is 0 Å². The molecule has 0 unspecified atom stereocenters. The Morgan fingerprint density at radius 1 is 1.21 bits per heavy atom. The summed E-state index contributed by atoms with van der Waals surface area (Å²) in [6.07, 6.45) is 4.93. The number of nitrogens with one attached hydrogen (secondary N) is 2. The number of H-pyrrole nitrogens is 1. The molecule has 174 valence electrons. The van der Waals surface area contributed by atoms with E-state index in [-0.39, 0.29) is 17.3 Å². The van der Waals surface area contributed by atoms with Gasteiger partial charge in [0.1, 0.15) is 22.2 Å². The van der Waals surface area contributed by atoms with Gasteiger partial charge in [-0.2, -0.15) is 11.8 Å². The molecular formula is C24H21FN4O3S2. The molecule has 0 radical (unpaired) electrons. The summed E-state index contributed by atoms with van der Waals surface area (Å²) in [5.74, 6) is 2.12. The minimum atomic E-state index is -0.340. The molecule has 10 heteroatoms. The van der Waals surface area contributed by atoms with Crippen molar-refractivity contribution in [2.45, 2.75) is 31.4 Å². The lowest BCUT2D eigenvalue weighted by atomic mass is 10.2. The van der Waals surface area contributed by atoms with Crippen LogP contribution in [0.1, 0.15) is 29.1 Å². The number of thioether (sulfide) groups is 1. The summed E-state index contributed by atoms with van der Waals surface area (Å²) in [7, 11) is 0. The Labute approximate surface area is 202 Å². The first-order valence-corrected chi connectivity index (χ1v) is 12.8. The van der Waals surface area contributed by atoms with Gasteiger partial charge in [0.25, 0.3) is 5.56 Å². The van der Waals surface area contributed by atoms with Gasteiger partial charge in [-0.3, -0.25) is 9.59 Å². The number of amides is 1. The second-order valence-electron chi connectivity index (χ2n) is 7.84. The number of rotatable bonds is 8. The fourth-order valence-electron chi connectivity index (χ4n) is 3.81. The highest BCUT2D eigenvalue weighted by atomic mass is 32.2. The highest BCUT2D eigenvalue weighted by molar-refractivity contribution is 7.98. The molecule has 0 saturated heterocycles. The van der Waals surface area contributed by atoms with Crippen molar-refractivity contribution < 1.29 is 13.9 Å². The van der Waals surface area contributed by atoms with E-state index in [1.807, 2.05) is 0 Å². The number of halogens is 1. The molecule has 0 spiro atoms. The van der Waals surface area contributed by atoms with Crippen molar-refractivity contribution in [2.75, 3.05) is 11.1 Å². The number of pyridine rings is 1. The lowest BCUT2D eigenvalue weighted by molar-refractivity contribution is -0.115. The monoisotopic (exact) mass is 496 g/mol. The molecular weight excluding hydrogens is 475 g/mol. The number of benzene rings is 1. The van der Waals surface area contributed by atoms with Crippen LogP contribution in [0, 0.1) is 5.82 Å². The van der Waals surface area contributed by atoms with Gasteiger partial charge in [-0.25, -0.2) is 14.4 Å². The first kappa shape index (κ1) is 22.5. The van der Waals surface area contributed by atoms with Gasteiger partial charge in [0.2, 0.25) is 11.8 Å². The maximum Gasteiger partial charge on any atom is 0.259 e. The smallest absolute Gasteiger partial charge is 0.259 e. The van der Waals surface area contributed by atoms with Crippen molar-refractivity contribution in [1.82, 2.24) is 15.0 Å². The first-order valence-electron chi connectivity index (χ1n) is 10.9. The summed E-state index contributed by atoms with van der Waals surface area (Å²) in [6.45, 7) is 0. The standard InChI is InChI=1S/C24H21FN4O3S2/c25-14-4-7-16(8-5-14)32-21-9-6-15(12-26-21)27-20(30)10-11-33-13-19-28-23(31)22-17-2-1-3-18(17)34-24(22)29-19/h4-9,12H,1-3,10-11,13H2,(H,27,30)(H,28,29,31). The third kappa shape index (κ3) is 5.13. The van der Waals surface area contributed by atoms with E-state index in [0.29, 0.717) is 41.1 Å². The van der Waals surface area contributed by atoms with Gasteiger partial charge in [0.15, 0.2) is 0 Å². The first-order chi connectivity index (χ1) is 16.5. The van der Waals surface area contributed by atoms with Gasteiger partial charge in [-0.1, -0.05) is 0 Å². The van der Waals surface area contributed by atoms with E-state index in [0.717, 1.165) is 29.5 Å². The Morgan fingerprint density at radius 3 is 2.85 bits per heavy atom. The Bertz CT molecular complexity index is 1380. The average Bonchev–Trinajstić information content (AvgIpc) is 3.41. The molecule has 0 atom stereocenters. The van der Waals surface area contributed by atoms with E-state index >= 15 is 0 Å². The highest BCUT2D eigenvalue weighted by Gasteiger charge is 2.21. The number of aromatic amines is 1. The van der Waals surface area contributed by atoms with Crippen LogP contribution in [0.4, 0.5) is 10.1 Å². The van der Waals surface area contributed by atoms with Gasteiger partial charge in [-0.05, 0) is 55.2 Å². The number of carbonyl (C=O) groups is 1. The number of aryl methyl sites for hydroxylation is 2. The van der Waals surface area contributed by atoms with Crippen LogP contribution in [0.15, 0.2) is 47.4 Å². The molecule has 1 aliphatic carbocycles. The molecule has 1 aromatic carbocycles. The highest BCUT2D eigenvalue weighted by Crippen LogP contribution is 2.34. The van der Waals surface area contributed by atoms with Crippen LogP contribution in [-0.4, -0.2) is 26.6 Å². The molecule has 7 nitrogen and oxygen atoms in total. The van der Waals surface area contributed by atoms with E-state index in [2.05, 4.69) is 20.3 Å². The fourth-order valence-corrected chi connectivity index (χ4v) is 5.90. The molecule has 1 amide bonds. The zero-order valence-electron chi connectivity index (χ0n) is 18.1. The van der Waals surface area contributed by atoms with Crippen LogP contribution in [0.5, 0.6) is 11.6 Å². The summed E-state index contributed by atoms with van der Waals surface area (Å²) in [5, 5.41) is 3.56. The summed E-state index contributed by atoms with van der Waals surface area (Å²) in [5.41, 5.74) is 1.68. The van der Waals surface area contributed by atoms with E-state index in [4.69, 9.17) is 4.74 Å². The number of hydrogen-bond donors (Lipinski definition) is 2. The molecule has 3 aromatic heterocycles. The Kier molecular flexibility index (Phi) is 6.59. The van der Waals surface area contributed by atoms with Gasteiger partial charge >= 0.3 is 0 Å². The van der Waals surface area contributed by atoms with Crippen LogP contribution in [0.2, 0.25) is 0 Å². The number of nitrogens with zero attached hydrogens (tertiary/aromatic N) is 2. The van der Waals surface area contributed by atoms with Crippen molar-refractivity contribution in [3.05, 3.63) is 75.0 Å². The number of thiophene rings is 1. The number of hydrogen-bond acceptors (Lipinski definition) is 7. The molecule has 0 saturated carbocycles. The molecule has 0 bridgehead atoms. The van der Waals surface area contributed by atoms with Gasteiger partial charge < -0.3 is 15.0 Å². The summed E-state index contributed by atoms with van der Waals surface area (Å²) < 4.78 is 18.5. The minimum Gasteiger partial charge on any atom is -0.439 e. The predicted octanol–water partition coefficient (Wildman–Crippen LogP) is 5.06. The van der Waals surface area contributed by atoms with Crippen molar-refractivity contribution in [1.29, 1.82) is 0 Å². The normalized spacial score (nSPS) is 12.6. The Morgan fingerprint density at radius 2 is 2.06 bits per heavy atom. The quantitative estimate of drug-likeness (QED) is 0.331. The topological polar surface area (TPSA) is 97.0 Å². The van der Waals surface area contributed by atoms with Crippen LogP contribution in [0.3, 0.4) is 0 Å². The van der Waals surface area contributed by atoms with Crippen LogP contribution in [0.25, 0.3) is 10.2 Å². The number of fused-ring (bicyclic) bond motifs is 3. The second kappa shape index (κ2) is 9.94. The maximum atomic E-state index is 13.0. The molecule has 4 aromatic rings. The molecule has 34 heavy (non-hydrogen) atoms. The summed E-state index contributed by atoms with van der Waals surface area (Å²) in [6, 6.07) is 8.97. The van der Waals surface area contributed by atoms with Crippen molar-refractivity contribution in [2.24, 2.45) is 0 Å². The third-order valence-electron chi connectivity index (χ3n) is 5.39. The minimum absolute atomic E-state index is 0.0582. The van der Waals surface area contributed by atoms with Crippen LogP contribution in [-0.2, 0) is 23.4 Å². The SMILES string of the molecule is O=C(CCSCc1nc2sc3c(c2c(=O)[nH]1)CCC3)Nc1ccc(Oc2ccc(F)cc2)nc1. The Balaban J connectivity index is 1.09. The maximum absolute atomic E-state index is 13.0. The van der Waals surface area contributed by atoms with Crippen molar-refractivity contribution in [3.8, 4) is 11.6 Å². The van der Waals surface area contributed by atoms with E-state index < -0.39 is 0 Å². The van der Waals surface area contributed by atoms with Gasteiger partial charge in [0, 0.05) is 23.1 Å². The fraction of sp³-hybridized carbons (Fsp3) is 0.250. The number of ether oxygens (including phenoxy) is 1. The van der Waals surface area contributed by atoms with Gasteiger partial charge in [0.05, 0.1) is 23.0 Å². The second-order valence-corrected chi connectivity index (χ2v) is 10.0. The molecule has 0 fully saturated rings. The summed E-state index contributed by atoms with van der Waals surface area (Å²) in [4.78, 5) is 38.6. The lowest BCUT2D eigenvalue weighted by Crippen LogP contribution is -2.13. The van der Waals surface area contributed by atoms with E-state index in [1.54, 1.807) is 35.2 Å². The average molecular weight is 497 g/mol. The molecule has 3 heterocycles. The lowest BCUT2D eigenvalue weighted by Gasteiger charge is -2.07. The van der Waals surface area contributed by atoms with E-state index in [1.165, 1.54) is 40.9 Å². The molecule has 2 N–H and O–H groups in total. The Hall–Kier alpha value is -3.24. The molecule has 0 aliphatic heterocycles. The van der Waals surface area contributed by atoms with Crippen LogP contribution < -0.4 is 15.6 Å². The zero-order valence-corrected chi connectivity index (χ0v) is 19.7. The van der Waals surface area contributed by atoms with Crippen molar-refractivity contribution >= 4 is 44.9 Å². The molecule has 1 aliphatic rings. The van der Waals surface area contributed by atoms with Crippen LogP contribution >= 0.6 is 23.1 Å². The summed E-state index contributed by atoms with van der Waals surface area (Å²) >= 11 is 3.17. The number of aromatic nitrogens is 3. The third-order valence-corrected chi connectivity index (χ3v) is 7.55. The zero-order chi connectivity index (χ0) is 23.5. The number of carbonyl (C=O) groups excluding carboxylic acids is 1. The number of anilines is 1. The van der Waals surface area contributed by atoms with Gasteiger partial charge in [-0.15, -0.1) is 11.3 Å². The largest absolute Gasteiger partial charge is 0.439 e. The van der Waals surface area contributed by atoms with E-state index in [9.17, 15) is 14.0 Å². The predicted molar refractivity (Wildman–Crippen MR) is 132 cm³/mol. The molecule has 5 rings (SSSR count).